The second kappa shape index (κ2) is 6.63. The molecule has 2 rings (SSSR count). The first kappa shape index (κ1) is 14.0. The fourth-order valence-electron chi connectivity index (χ4n) is 1.68. The molecule has 0 saturated heterocycles. The molecule has 2 heterocycles. The number of guanidine groups is 1. The number of nitrogens with zero attached hydrogens (tertiary/aromatic N) is 4. The lowest BCUT2D eigenvalue weighted by Gasteiger charge is -2.20. The number of aryl methyl sites for hydroxylation is 1. The zero-order valence-electron chi connectivity index (χ0n) is 11.3. The summed E-state index contributed by atoms with van der Waals surface area (Å²) >= 11 is 3.31. The van der Waals surface area contributed by atoms with E-state index < -0.39 is 0 Å². The predicted octanol–water partition coefficient (Wildman–Crippen LogP) is 2.12. The van der Waals surface area contributed by atoms with Gasteiger partial charge in [-0.1, -0.05) is 0 Å². The lowest BCUT2D eigenvalue weighted by atomic mass is 10.4. The van der Waals surface area contributed by atoms with Crippen LogP contribution < -0.4 is 5.32 Å². The first-order valence-corrected chi connectivity index (χ1v) is 7.66. The third-order valence-corrected chi connectivity index (χ3v) is 4.12. The molecular weight excluding hydrogens is 278 g/mol. The number of aromatic nitrogens is 2. The van der Waals surface area contributed by atoms with Crippen molar-refractivity contribution in [1.82, 2.24) is 20.2 Å². The van der Waals surface area contributed by atoms with Crippen molar-refractivity contribution >= 4 is 28.6 Å². The van der Waals surface area contributed by atoms with E-state index in [1.807, 2.05) is 25.5 Å². The fourth-order valence-corrected chi connectivity index (χ4v) is 2.84. The van der Waals surface area contributed by atoms with Crippen LogP contribution in [-0.2, 0) is 13.1 Å². The Hall–Kier alpha value is -1.47. The van der Waals surface area contributed by atoms with Gasteiger partial charge in [-0.3, -0.25) is 4.99 Å². The van der Waals surface area contributed by atoms with Gasteiger partial charge in [-0.15, -0.1) is 22.7 Å². The monoisotopic (exact) mass is 295 g/mol. The van der Waals surface area contributed by atoms with Crippen LogP contribution in [0.3, 0.4) is 0 Å². The maximum Gasteiger partial charge on any atom is 0.194 e. The molecule has 0 aliphatic rings. The standard InChI is InChI=1S/C12H17N5S2/c1-9-16-10(8-19-9)7-17(3)12(13-2)15-6-11-14-4-5-18-11/h4-5,8H,6-7H2,1-3H3,(H,13,15). The van der Waals surface area contributed by atoms with Gasteiger partial charge in [-0.25, -0.2) is 9.97 Å². The molecule has 0 aromatic carbocycles. The summed E-state index contributed by atoms with van der Waals surface area (Å²) in [6, 6.07) is 0. The highest BCUT2D eigenvalue weighted by atomic mass is 32.1. The summed E-state index contributed by atoms with van der Waals surface area (Å²) in [6.07, 6.45) is 1.81. The van der Waals surface area contributed by atoms with Gasteiger partial charge in [0.15, 0.2) is 5.96 Å². The molecule has 0 aliphatic carbocycles. The Kier molecular flexibility index (Phi) is 4.86. The van der Waals surface area contributed by atoms with Crippen molar-refractivity contribution in [2.24, 2.45) is 4.99 Å². The molecule has 2 aromatic heterocycles. The molecule has 2 aromatic rings. The van der Waals surface area contributed by atoms with Crippen LogP contribution in [-0.4, -0.2) is 34.9 Å². The van der Waals surface area contributed by atoms with Crippen LogP contribution >= 0.6 is 22.7 Å². The van der Waals surface area contributed by atoms with Crippen molar-refractivity contribution in [3.05, 3.63) is 32.7 Å². The van der Waals surface area contributed by atoms with Gasteiger partial charge in [0, 0.05) is 31.1 Å². The van der Waals surface area contributed by atoms with Crippen LogP contribution in [0.5, 0.6) is 0 Å². The summed E-state index contributed by atoms with van der Waals surface area (Å²) in [5.41, 5.74) is 1.07. The third-order valence-electron chi connectivity index (χ3n) is 2.52. The van der Waals surface area contributed by atoms with Crippen molar-refractivity contribution in [3.63, 3.8) is 0 Å². The maximum absolute atomic E-state index is 4.46. The first-order valence-electron chi connectivity index (χ1n) is 5.90. The van der Waals surface area contributed by atoms with E-state index in [9.17, 15) is 0 Å². The maximum atomic E-state index is 4.46. The number of hydrogen-bond donors (Lipinski definition) is 1. The van der Waals surface area contributed by atoms with E-state index in [2.05, 4.69) is 30.6 Å². The van der Waals surface area contributed by atoms with E-state index in [0.29, 0.717) is 6.54 Å². The molecule has 5 nitrogen and oxygen atoms in total. The molecule has 0 atom stereocenters. The Morgan fingerprint density at radius 1 is 1.47 bits per heavy atom. The van der Waals surface area contributed by atoms with E-state index in [4.69, 9.17) is 0 Å². The highest BCUT2D eigenvalue weighted by Crippen LogP contribution is 2.10. The number of thiazole rings is 2. The topological polar surface area (TPSA) is 53.4 Å². The Bertz CT molecular complexity index is 532. The van der Waals surface area contributed by atoms with Gasteiger partial charge in [0.25, 0.3) is 0 Å². The van der Waals surface area contributed by atoms with Gasteiger partial charge in [0.1, 0.15) is 5.01 Å². The lowest BCUT2D eigenvalue weighted by molar-refractivity contribution is 0.470. The van der Waals surface area contributed by atoms with Crippen LogP contribution in [0.1, 0.15) is 15.7 Å². The van der Waals surface area contributed by atoms with E-state index in [-0.39, 0.29) is 0 Å². The average molecular weight is 295 g/mol. The highest BCUT2D eigenvalue weighted by molar-refractivity contribution is 7.09. The van der Waals surface area contributed by atoms with Gasteiger partial charge < -0.3 is 10.2 Å². The molecular formula is C12H17N5S2. The molecule has 0 unspecified atom stereocenters. The minimum atomic E-state index is 0.699. The summed E-state index contributed by atoms with van der Waals surface area (Å²) in [6.45, 7) is 3.47. The molecule has 1 N–H and O–H groups in total. The van der Waals surface area contributed by atoms with Gasteiger partial charge in [0.05, 0.1) is 23.8 Å². The Labute approximate surface area is 121 Å². The van der Waals surface area contributed by atoms with Crippen LogP contribution in [0.4, 0.5) is 0 Å². The summed E-state index contributed by atoms with van der Waals surface area (Å²) in [5.74, 6) is 0.848. The molecule has 7 heteroatoms. The number of nitrogens with one attached hydrogen (secondary N) is 1. The molecule has 0 radical (unpaired) electrons. The van der Waals surface area contributed by atoms with E-state index in [0.717, 1.165) is 28.2 Å². The van der Waals surface area contributed by atoms with E-state index >= 15 is 0 Å². The first-order chi connectivity index (χ1) is 9.19. The van der Waals surface area contributed by atoms with Crippen molar-refractivity contribution in [2.75, 3.05) is 14.1 Å². The second-order valence-electron chi connectivity index (χ2n) is 4.04. The van der Waals surface area contributed by atoms with Crippen molar-refractivity contribution < 1.29 is 0 Å². The van der Waals surface area contributed by atoms with E-state index in [1.165, 1.54) is 0 Å². The molecule has 0 fully saturated rings. The van der Waals surface area contributed by atoms with Crippen molar-refractivity contribution in [1.29, 1.82) is 0 Å². The lowest BCUT2D eigenvalue weighted by Crippen LogP contribution is -2.38. The van der Waals surface area contributed by atoms with Gasteiger partial charge in [-0.2, -0.15) is 0 Å². The largest absolute Gasteiger partial charge is 0.350 e. The number of aliphatic imine (C=N–C) groups is 1. The van der Waals surface area contributed by atoms with Crippen LogP contribution in [0.2, 0.25) is 0 Å². The Morgan fingerprint density at radius 2 is 2.32 bits per heavy atom. The van der Waals surface area contributed by atoms with Crippen LogP contribution in [0.15, 0.2) is 21.9 Å². The molecule has 0 amide bonds. The highest BCUT2D eigenvalue weighted by Gasteiger charge is 2.08. The summed E-state index contributed by atoms with van der Waals surface area (Å²) < 4.78 is 0. The molecule has 0 bridgehead atoms. The Morgan fingerprint density at radius 3 is 2.89 bits per heavy atom. The van der Waals surface area contributed by atoms with Crippen molar-refractivity contribution in [2.45, 2.75) is 20.0 Å². The van der Waals surface area contributed by atoms with Gasteiger partial charge in [-0.05, 0) is 6.92 Å². The van der Waals surface area contributed by atoms with E-state index in [1.54, 1.807) is 29.7 Å². The SMILES string of the molecule is CN=C(NCc1nccs1)N(C)Cc1csc(C)n1. The van der Waals surface area contributed by atoms with Crippen LogP contribution in [0.25, 0.3) is 0 Å². The second-order valence-corrected chi connectivity index (χ2v) is 6.08. The normalized spacial score (nSPS) is 11.6. The average Bonchev–Trinajstić information content (AvgIpc) is 3.02. The summed E-state index contributed by atoms with van der Waals surface area (Å²) in [7, 11) is 3.79. The Balaban J connectivity index is 1.90. The summed E-state index contributed by atoms with van der Waals surface area (Å²) in [5, 5.41) is 9.50. The minimum Gasteiger partial charge on any atom is -0.350 e. The van der Waals surface area contributed by atoms with Crippen molar-refractivity contribution in [3.8, 4) is 0 Å². The quantitative estimate of drug-likeness (QED) is 0.693. The smallest absolute Gasteiger partial charge is 0.194 e. The fraction of sp³-hybridized carbons (Fsp3) is 0.417. The zero-order chi connectivity index (χ0) is 13.7. The predicted molar refractivity (Wildman–Crippen MR) is 80.6 cm³/mol. The zero-order valence-corrected chi connectivity index (χ0v) is 12.9. The van der Waals surface area contributed by atoms with Crippen LogP contribution in [0, 0.1) is 6.92 Å². The molecule has 0 spiro atoms. The van der Waals surface area contributed by atoms with Gasteiger partial charge >= 0.3 is 0 Å². The molecule has 102 valence electrons. The third kappa shape index (κ3) is 4.00. The van der Waals surface area contributed by atoms with Gasteiger partial charge in [0.2, 0.25) is 0 Å². The molecule has 0 aliphatic heterocycles. The molecule has 19 heavy (non-hydrogen) atoms. The summed E-state index contributed by atoms with van der Waals surface area (Å²) in [4.78, 5) is 15.0. The minimum absolute atomic E-state index is 0.699. The number of hydrogen-bond acceptors (Lipinski definition) is 5. The molecule has 0 saturated carbocycles. The number of rotatable bonds is 4.